The van der Waals surface area contributed by atoms with Crippen molar-refractivity contribution in [3.63, 3.8) is 0 Å². The zero-order valence-electron chi connectivity index (χ0n) is 11.6. The number of likely N-dealkylation sites (tertiary alicyclic amines) is 1. The van der Waals surface area contributed by atoms with Gasteiger partial charge in [0.05, 0.1) is 5.92 Å². The number of benzene rings is 1. The second-order valence-electron chi connectivity index (χ2n) is 5.29. The highest BCUT2D eigenvalue weighted by molar-refractivity contribution is 5.83. The predicted octanol–water partition coefficient (Wildman–Crippen LogP) is 3.29. The quantitative estimate of drug-likeness (QED) is 0.907. The van der Waals surface area contributed by atoms with Crippen LogP contribution in [-0.4, -0.2) is 29.0 Å². The summed E-state index contributed by atoms with van der Waals surface area (Å²) < 4.78 is 0. The molecule has 104 valence electrons. The van der Waals surface area contributed by atoms with Crippen LogP contribution in [0.2, 0.25) is 0 Å². The number of carbonyl (C=O) groups excluding carboxylic acids is 1. The molecular formula is C16H23NO2. The average Bonchev–Trinajstić information content (AvgIpc) is 2.70. The first-order chi connectivity index (χ1) is 9.22. The lowest BCUT2D eigenvalue weighted by Gasteiger charge is -2.25. The van der Waals surface area contributed by atoms with Crippen LogP contribution in [0.3, 0.4) is 0 Å². The van der Waals surface area contributed by atoms with Gasteiger partial charge < -0.3 is 10.0 Å². The maximum absolute atomic E-state index is 12.6. The first kappa shape index (κ1) is 13.9. The summed E-state index contributed by atoms with van der Waals surface area (Å²) in [5.74, 6) is 0.426. The molecule has 1 unspecified atom stereocenters. The molecular weight excluding hydrogens is 238 g/mol. The smallest absolute Gasteiger partial charge is 0.230 e. The van der Waals surface area contributed by atoms with Crippen LogP contribution in [0.1, 0.15) is 50.5 Å². The normalized spacial score (nSPS) is 17.8. The molecule has 0 aromatic heterocycles. The van der Waals surface area contributed by atoms with Gasteiger partial charge in [0.1, 0.15) is 5.75 Å². The van der Waals surface area contributed by atoms with E-state index in [1.54, 1.807) is 12.1 Å². The van der Waals surface area contributed by atoms with Gasteiger partial charge in [-0.3, -0.25) is 4.79 Å². The zero-order chi connectivity index (χ0) is 13.7. The molecule has 1 heterocycles. The summed E-state index contributed by atoms with van der Waals surface area (Å²) in [5.41, 5.74) is 1.01. The molecule has 1 aliphatic heterocycles. The minimum atomic E-state index is -0.0706. The number of hydrogen-bond acceptors (Lipinski definition) is 2. The van der Waals surface area contributed by atoms with Crippen LogP contribution in [0.4, 0.5) is 0 Å². The molecule has 0 saturated carbocycles. The highest BCUT2D eigenvalue weighted by Gasteiger charge is 2.24. The summed E-state index contributed by atoms with van der Waals surface area (Å²) in [4.78, 5) is 14.7. The monoisotopic (exact) mass is 261 g/mol. The van der Waals surface area contributed by atoms with Crippen molar-refractivity contribution in [2.45, 2.75) is 44.9 Å². The topological polar surface area (TPSA) is 40.5 Å². The number of phenolic OH excluding ortho intramolecular Hbond substituents is 1. The third-order valence-electron chi connectivity index (χ3n) is 3.92. The van der Waals surface area contributed by atoms with Crippen LogP contribution in [0.25, 0.3) is 0 Å². The molecule has 1 amide bonds. The lowest BCUT2D eigenvalue weighted by molar-refractivity contribution is -0.132. The second kappa shape index (κ2) is 6.60. The Balaban J connectivity index is 2.11. The summed E-state index contributed by atoms with van der Waals surface area (Å²) in [6.45, 7) is 3.84. The molecule has 1 atom stereocenters. The van der Waals surface area contributed by atoms with E-state index in [0.29, 0.717) is 0 Å². The van der Waals surface area contributed by atoms with Crippen molar-refractivity contribution in [1.82, 2.24) is 4.90 Å². The molecule has 2 rings (SSSR count). The summed E-state index contributed by atoms with van der Waals surface area (Å²) in [6, 6.07) is 7.04. The van der Waals surface area contributed by atoms with Crippen LogP contribution in [0, 0.1) is 0 Å². The third kappa shape index (κ3) is 3.49. The fraction of sp³-hybridized carbons (Fsp3) is 0.562. The molecule has 3 heteroatoms. The Kier molecular flexibility index (Phi) is 4.83. The van der Waals surface area contributed by atoms with Crippen LogP contribution in [-0.2, 0) is 4.79 Å². The molecule has 19 heavy (non-hydrogen) atoms. The molecule has 0 radical (unpaired) electrons. The number of nitrogens with zero attached hydrogens (tertiary/aromatic N) is 1. The van der Waals surface area contributed by atoms with E-state index in [9.17, 15) is 9.90 Å². The minimum absolute atomic E-state index is 0.0706. The molecule has 1 aromatic rings. The Morgan fingerprint density at radius 3 is 2.26 bits per heavy atom. The summed E-state index contributed by atoms with van der Waals surface area (Å²) in [6.07, 6.45) is 5.52. The predicted molar refractivity (Wildman–Crippen MR) is 76.2 cm³/mol. The molecule has 0 bridgehead atoms. The van der Waals surface area contributed by atoms with Gasteiger partial charge in [-0.15, -0.1) is 0 Å². The van der Waals surface area contributed by atoms with Crippen LogP contribution >= 0.6 is 0 Å². The maximum atomic E-state index is 12.6. The number of amides is 1. The van der Waals surface area contributed by atoms with Gasteiger partial charge in [-0.1, -0.05) is 31.9 Å². The summed E-state index contributed by atoms with van der Waals surface area (Å²) in [7, 11) is 0. The fourth-order valence-corrected chi connectivity index (χ4v) is 2.77. The lowest BCUT2D eigenvalue weighted by Crippen LogP contribution is -2.35. The molecule has 1 aliphatic rings. The zero-order valence-corrected chi connectivity index (χ0v) is 11.6. The largest absolute Gasteiger partial charge is 0.508 e. The maximum Gasteiger partial charge on any atom is 0.230 e. The van der Waals surface area contributed by atoms with Gasteiger partial charge >= 0.3 is 0 Å². The van der Waals surface area contributed by atoms with E-state index in [-0.39, 0.29) is 17.6 Å². The van der Waals surface area contributed by atoms with Crippen LogP contribution in [0.15, 0.2) is 24.3 Å². The van der Waals surface area contributed by atoms with Gasteiger partial charge in [0.15, 0.2) is 0 Å². The molecule has 1 N–H and O–H groups in total. The van der Waals surface area contributed by atoms with Crippen molar-refractivity contribution >= 4 is 5.91 Å². The van der Waals surface area contributed by atoms with E-state index in [1.165, 1.54) is 12.8 Å². The average molecular weight is 261 g/mol. The minimum Gasteiger partial charge on any atom is -0.508 e. The molecule has 0 spiro atoms. The number of hydrogen-bond donors (Lipinski definition) is 1. The lowest BCUT2D eigenvalue weighted by atomic mass is 9.94. The van der Waals surface area contributed by atoms with Crippen molar-refractivity contribution in [2.75, 3.05) is 13.1 Å². The third-order valence-corrected chi connectivity index (χ3v) is 3.92. The van der Waals surface area contributed by atoms with E-state index < -0.39 is 0 Å². The Hall–Kier alpha value is -1.51. The fourth-order valence-electron chi connectivity index (χ4n) is 2.77. The van der Waals surface area contributed by atoms with Gasteiger partial charge in [-0.05, 0) is 37.0 Å². The van der Waals surface area contributed by atoms with Gasteiger partial charge in [0.25, 0.3) is 0 Å². The SMILES string of the molecule is CCC(C(=O)N1CCCCCC1)c1ccc(O)cc1. The first-order valence-electron chi connectivity index (χ1n) is 7.30. The van der Waals surface area contributed by atoms with Crippen molar-refractivity contribution in [2.24, 2.45) is 0 Å². The summed E-state index contributed by atoms with van der Waals surface area (Å²) >= 11 is 0. The Bertz CT molecular complexity index is 405. The molecule has 0 aliphatic carbocycles. The molecule has 1 aromatic carbocycles. The van der Waals surface area contributed by atoms with E-state index in [2.05, 4.69) is 0 Å². The highest BCUT2D eigenvalue weighted by Crippen LogP contribution is 2.25. The Morgan fingerprint density at radius 2 is 1.74 bits per heavy atom. The molecule has 1 fully saturated rings. The van der Waals surface area contributed by atoms with E-state index in [4.69, 9.17) is 0 Å². The van der Waals surface area contributed by atoms with E-state index >= 15 is 0 Å². The first-order valence-corrected chi connectivity index (χ1v) is 7.30. The van der Waals surface area contributed by atoms with E-state index in [0.717, 1.165) is 37.9 Å². The standard InChI is InChI=1S/C16H23NO2/c1-2-15(13-7-9-14(18)10-8-13)16(19)17-11-5-3-4-6-12-17/h7-10,15,18H,2-6,11-12H2,1H3. The molecule has 3 nitrogen and oxygen atoms in total. The number of phenols is 1. The van der Waals surface area contributed by atoms with Gasteiger partial charge in [0, 0.05) is 13.1 Å². The number of aromatic hydroxyl groups is 1. The number of carbonyl (C=O) groups is 1. The van der Waals surface area contributed by atoms with Gasteiger partial charge in [-0.2, -0.15) is 0 Å². The number of rotatable bonds is 3. The van der Waals surface area contributed by atoms with Gasteiger partial charge in [-0.25, -0.2) is 0 Å². The molecule has 1 saturated heterocycles. The van der Waals surface area contributed by atoms with Crippen LogP contribution in [0.5, 0.6) is 5.75 Å². The Morgan fingerprint density at radius 1 is 1.16 bits per heavy atom. The summed E-state index contributed by atoms with van der Waals surface area (Å²) in [5, 5.41) is 9.34. The highest BCUT2D eigenvalue weighted by atomic mass is 16.3. The Labute approximate surface area is 115 Å². The van der Waals surface area contributed by atoms with Crippen LogP contribution < -0.4 is 0 Å². The van der Waals surface area contributed by atoms with Crippen molar-refractivity contribution in [3.8, 4) is 5.75 Å². The second-order valence-corrected chi connectivity index (χ2v) is 5.29. The van der Waals surface area contributed by atoms with Crippen molar-refractivity contribution < 1.29 is 9.90 Å². The van der Waals surface area contributed by atoms with Crippen molar-refractivity contribution in [1.29, 1.82) is 0 Å². The van der Waals surface area contributed by atoms with Crippen molar-refractivity contribution in [3.05, 3.63) is 29.8 Å². The van der Waals surface area contributed by atoms with Gasteiger partial charge in [0.2, 0.25) is 5.91 Å². The van der Waals surface area contributed by atoms with E-state index in [1.807, 2.05) is 24.0 Å².